The number of carbonyl (C=O) groups is 3. The number of carboxylic acids is 1. The molecule has 0 aromatic rings. The molecule has 8 atom stereocenters. The number of rotatable bonds is 1. The second-order valence-electron chi connectivity index (χ2n) is 14.8. The third kappa shape index (κ3) is 2.75. The van der Waals surface area contributed by atoms with E-state index >= 15 is 0 Å². The zero-order valence-electron chi connectivity index (χ0n) is 22.3. The Hall–Kier alpha value is -1.45. The molecule has 188 valence electrons. The second kappa shape index (κ2) is 6.85. The molecule has 1 N–H and O–H groups in total. The van der Waals surface area contributed by atoms with Crippen molar-refractivity contribution in [1.29, 1.82) is 0 Å². The van der Waals surface area contributed by atoms with Gasteiger partial charge in [0, 0.05) is 17.8 Å². The molecule has 0 radical (unpaired) electrons. The van der Waals surface area contributed by atoms with E-state index in [0.717, 1.165) is 32.1 Å². The van der Waals surface area contributed by atoms with Crippen molar-refractivity contribution in [2.75, 3.05) is 0 Å². The molecule has 0 heterocycles. The normalized spacial score (nSPS) is 51.0. The lowest BCUT2D eigenvalue weighted by molar-refractivity contribution is -0.225. The molecule has 0 aromatic carbocycles. The molecule has 4 nitrogen and oxygen atoms in total. The minimum atomic E-state index is -0.751. The van der Waals surface area contributed by atoms with Crippen LogP contribution in [0.5, 0.6) is 0 Å². The summed E-state index contributed by atoms with van der Waals surface area (Å²) in [6.07, 6.45) is 10.4. The molecular weight excluding hydrogens is 424 g/mol. The molecule has 0 bridgehead atoms. The second-order valence-corrected chi connectivity index (χ2v) is 14.8. The van der Waals surface area contributed by atoms with Gasteiger partial charge in [-0.25, -0.2) is 0 Å². The van der Waals surface area contributed by atoms with Gasteiger partial charge in [-0.3, -0.25) is 14.4 Å². The number of hydrogen-bond donors (Lipinski definition) is 1. The van der Waals surface area contributed by atoms with E-state index in [-0.39, 0.29) is 51.1 Å². The quantitative estimate of drug-likeness (QED) is 0.478. The number of hydrogen-bond acceptors (Lipinski definition) is 3. The van der Waals surface area contributed by atoms with Crippen LogP contribution >= 0.6 is 0 Å². The largest absolute Gasteiger partial charge is 0.481 e. The van der Waals surface area contributed by atoms with Crippen molar-refractivity contribution in [2.24, 2.45) is 56.2 Å². The first-order chi connectivity index (χ1) is 15.6. The summed E-state index contributed by atoms with van der Waals surface area (Å²) in [7, 11) is 0. The SMILES string of the molecule is CC1(C)CC[C@]2(C(=O)O)CC[C@]3(C)C(C(=O)CC4[C@@]5(C)C=CC(=O)C(C)(C)C5CC[C@]43C)C2C1. The standard InChI is InChI=1S/C30H44O4/c1-25(2)12-14-30(24(33)34)15-13-29(7)23(18(30)17-25)19(31)16-21-27(5)10-9-22(32)26(3,4)20(27)8-11-28(21,29)6/h9-10,18,20-21,23H,8,11-17H2,1-7H3,(H,33,34)/t18?,20?,21?,23?,27-,28+,29+,30-/m0/s1. The van der Waals surface area contributed by atoms with Crippen LogP contribution < -0.4 is 0 Å². The van der Waals surface area contributed by atoms with Gasteiger partial charge in [0.25, 0.3) is 0 Å². The maximum Gasteiger partial charge on any atom is 0.309 e. The predicted molar refractivity (Wildman–Crippen MR) is 132 cm³/mol. The van der Waals surface area contributed by atoms with Gasteiger partial charge < -0.3 is 5.11 Å². The smallest absolute Gasteiger partial charge is 0.309 e. The van der Waals surface area contributed by atoms with Crippen molar-refractivity contribution in [1.82, 2.24) is 0 Å². The number of allylic oxidation sites excluding steroid dienone is 2. The highest BCUT2D eigenvalue weighted by atomic mass is 16.4. The summed E-state index contributed by atoms with van der Waals surface area (Å²) in [5, 5.41) is 10.5. The molecule has 4 fully saturated rings. The van der Waals surface area contributed by atoms with Crippen LogP contribution in [-0.4, -0.2) is 22.6 Å². The predicted octanol–water partition coefficient (Wildman–Crippen LogP) is 6.48. The van der Waals surface area contributed by atoms with Crippen LogP contribution in [0, 0.1) is 56.2 Å². The van der Waals surface area contributed by atoms with Crippen LogP contribution in [0.25, 0.3) is 0 Å². The molecule has 34 heavy (non-hydrogen) atoms. The monoisotopic (exact) mass is 468 g/mol. The fourth-order valence-electron chi connectivity index (χ4n) is 10.4. The number of Topliss-reactive ketones (excluding diaryl/α,β-unsaturated/α-hetero) is 1. The summed E-state index contributed by atoms with van der Waals surface area (Å²) in [5.74, 6) is -0.0185. The van der Waals surface area contributed by atoms with E-state index in [9.17, 15) is 19.5 Å². The maximum absolute atomic E-state index is 14.2. The van der Waals surface area contributed by atoms with Crippen molar-refractivity contribution in [2.45, 2.75) is 99.8 Å². The van der Waals surface area contributed by atoms with Crippen molar-refractivity contribution in [3.05, 3.63) is 12.2 Å². The summed E-state index contributed by atoms with van der Waals surface area (Å²) >= 11 is 0. The zero-order valence-corrected chi connectivity index (χ0v) is 22.3. The Labute approximate surface area is 205 Å². The number of ketones is 2. The molecule has 4 heteroatoms. The van der Waals surface area contributed by atoms with Crippen LogP contribution in [-0.2, 0) is 14.4 Å². The van der Waals surface area contributed by atoms with E-state index in [1.165, 1.54) is 0 Å². The first-order valence-corrected chi connectivity index (χ1v) is 13.6. The Kier molecular flexibility index (Phi) is 4.89. The Morgan fingerprint density at radius 3 is 2.18 bits per heavy atom. The van der Waals surface area contributed by atoms with Crippen LogP contribution in [0.3, 0.4) is 0 Å². The highest BCUT2D eigenvalue weighted by Crippen LogP contribution is 2.75. The Balaban J connectivity index is 1.62. The molecule has 0 saturated heterocycles. The first-order valence-electron chi connectivity index (χ1n) is 13.6. The van der Waals surface area contributed by atoms with Gasteiger partial charge in [-0.05, 0) is 90.4 Å². The molecule has 0 aromatic heterocycles. The lowest BCUT2D eigenvalue weighted by Gasteiger charge is -2.71. The number of carbonyl (C=O) groups excluding carboxylic acids is 2. The van der Waals surface area contributed by atoms with Crippen molar-refractivity contribution in [3.8, 4) is 0 Å². The third-order valence-electron chi connectivity index (χ3n) is 12.7. The van der Waals surface area contributed by atoms with Gasteiger partial charge in [0.2, 0.25) is 0 Å². The molecule has 0 aliphatic heterocycles. The van der Waals surface area contributed by atoms with Gasteiger partial charge in [0.15, 0.2) is 5.78 Å². The van der Waals surface area contributed by atoms with Gasteiger partial charge >= 0.3 is 5.97 Å². The fraction of sp³-hybridized carbons (Fsp3) is 0.833. The first kappa shape index (κ1) is 24.3. The number of carboxylic acid groups (broad SMARTS) is 1. The minimum Gasteiger partial charge on any atom is -0.481 e. The molecule has 4 saturated carbocycles. The van der Waals surface area contributed by atoms with Crippen LogP contribution in [0.15, 0.2) is 12.2 Å². The minimum absolute atomic E-state index is 0.0517. The fourth-order valence-corrected chi connectivity index (χ4v) is 10.4. The van der Waals surface area contributed by atoms with Gasteiger partial charge in [-0.15, -0.1) is 0 Å². The van der Waals surface area contributed by atoms with Crippen LogP contribution in [0.2, 0.25) is 0 Å². The van der Waals surface area contributed by atoms with Crippen molar-refractivity contribution < 1.29 is 19.5 Å². The molecule has 0 spiro atoms. The molecule has 5 aliphatic rings. The molecule has 5 aliphatic carbocycles. The highest BCUT2D eigenvalue weighted by Gasteiger charge is 2.72. The van der Waals surface area contributed by atoms with E-state index < -0.39 is 16.8 Å². The van der Waals surface area contributed by atoms with E-state index in [1.54, 1.807) is 6.08 Å². The number of fused-ring (bicyclic) bond motifs is 7. The van der Waals surface area contributed by atoms with E-state index in [0.29, 0.717) is 25.0 Å². The van der Waals surface area contributed by atoms with Gasteiger partial charge in [0.05, 0.1) is 5.41 Å². The van der Waals surface area contributed by atoms with E-state index in [1.807, 2.05) is 0 Å². The lowest BCUT2D eigenvalue weighted by Crippen LogP contribution is -2.69. The summed E-state index contributed by atoms with van der Waals surface area (Å²) < 4.78 is 0. The van der Waals surface area contributed by atoms with Gasteiger partial charge in [0.1, 0.15) is 5.78 Å². The Morgan fingerprint density at radius 1 is 0.882 bits per heavy atom. The number of aliphatic carboxylic acids is 1. The maximum atomic E-state index is 14.2. The lowest BCUT2D eigenvalue weighted by atomic mass is 9.32. The van der Waals surface area contributed by atoms with Gasteiger partial charge in [-0.1, -0.05) is 54.5 Å². The summed E-state index contributed by atoms with van der Waals surface area (Å²) in [6.45, 7) is 15.7. The van der Waals surface area contributed by atoms with E-state index in [4.69, 9.17) is 0 Å². The van der Waals surface area contributed by atoms with Crippen molar-refractivity contribution >= 4 is 17.5 Å². The summed E-state index contributed by atoms with van der Waals surface area (Å²) in [6, 6.07) is 0. The van der Waals surface area contributed by atoms with Crippen molar-refractivity contribution in [3.63, 3.8) is 0 Å². The average Bonchev–Trinajstić information content (AvgIpc) is 2.72. The molecule has 0 amide bonds. The van der Waals surface area contributed by atoms with Crippen LogP contribution in [0.4, 0.5) is 0 Å². The summed E-state index contributed by atoms with van der Waals surface area (Å²) in [4.78, 5) is 39.8. The Bertz CT molecular complexity index is 990. The molecular formula is C30H44O4. The highest BCUT2D eigenvalue weighted by molar-refractivity contribution is 5.96. The van der Waals surface area contributed by atoms with E-state index in [2.05, 4.69) is 54.5 Å². The summed E-state index contributed by atoms with van der Waals surface area (Å²) in [5.41, 5.74) is -1.55. The zero-order chi connectivity index (χ0) is 25.1. The van der Waals surface area contributed by atoms with Gasteiger partial charge in [-0.2, -0.15) is 0 Å². The third-order valence-corrected chi connectivity index (χ3v) is 12.7. The molecule has 4 unspecified atom stereocenters. The topological polar surface area (TPSA) is 71.4 Å². The Morgan fingerprint density at radius 2 is 1.53 bits per heavy atom. The molecule has 5 rings (SSSR count). The van der Waals surface area contributed by atoms with Crippen LogP contribution in [0.1, 0.15) is 99.8 Å². The average molecular weight is 469 g/mol.